The zero-order valence-corrected chi connectivity index (χ0v) is 16.9. The predicted molar refractivity (Wildman–Crippen MR) is 105 cm³/mol. The van der Waals surface area contributed by atoms with E-state index in [4.69, 9.17) is 9.31 Å². The molecule has 6 nitrogen and oxygen atoms in total. The highest BCUT2D eigenvalue weighted by molar-refractivity contribution is 6.62. The Balaban J connectivity index is 1.99. The Morgan fingerprint density at radius 2 is 1.77 bits per heavy atom. The summed E-state index contributed by atoms with van der Waals surface area (Å²) >= 11 is 0. The van der Waals surface area contributed by atoms with Crippen molar-refractivity contribution in [2.75, 3.05) is 11.9 Å². The molecule has 1 saturated heterocycles. The van der Waals surface area contributed by atoms with Crippen molar-refractivity contribution in [1.29, 1.82) is 0 Å². The average Bonchev–Trinajstić information content (AvgIpc) is 2.65. The lowest BCUT2D eigenvalue weighted by Gasteiger charge is -2.32. The first-order chi connectivity index (χ1) is 11.8. The van der Waals surface area contributed by atoms with Gasteiger partial charge in [0.25, 0.3) is 0 Å². The van der Waals surface area contributed by atoms with E-state index in [1.807, 2.05) is 52.8 Å². The third kappa shape index (κ3) is 4.99. The molecule has 1 aromatic carbocycles. The van der Waals surface area contributed by atoms with Crippen LogP contribution in [0.2, 0.25) is 0 Å². The molecule has 0 aromatic heterocycles. The lowest BCUT2D eigenvalue weighted by atomic mass is 9.76. The first kappa shape index (κ1) is 20.7. The van der Waals surface area contributed by atoms with Crippen molar-refractivity contribution in [3.8, 4) is 0 Å². The zero-order valence-electron chi connectivity index (χ0n) is 16.9. The van der Waals surface area contributed by atoms with Gasteiger partial charge in [-0.1, -0.05) is 6.07 Å². The van der Waals surface area contributed by atoms with E-state index in [1.165, 1.54) is 0 Å². The standard InChI is InChI=1S/C19H31BN2O4/c1-13-12-14(22-16(23)21-11-10-17(2,3)24)8-9-15(13)20-25-18(4,5)19(6,7)26-20/h8-9,12,24H,10-11H2,1-7H3,(H2,21,22,23). The summed E-state index contributed by atoms with van der Waals surface area (Å²) < 4.78 is 12.2. The van der Waals surface area contributed by atoms with Gasteiger partial charge in [0, 0.05) is 12.2 Å². The Morgan fingerprint density at radius 3 is 2.27 bits per heavy atom. The molecule has 0 aliphatic carbocycles. The molecule has 0 unspecified atom stereocenters. The van der Waals surface area contributed by atoms with Crippen LogP contribution in [-0.4, -0.2) is 41.6 Å². The van der Waals surface area contributed by atoms with Crippen LogP contribution in [0.4, 0.5) is 10.5 Å². The number of amides is 2. The van der Waals surface area contributed by atoms with Crippen LogP contribution in [0.3, 0.4) is 0 Å². The number of rotatable bonds is 5. The molecule has 1 fully saturated rings. The van der Waals surface area contributed by atoms with E-state index in [0.29, 0.717) is 18.7 Å². The summed E-state index contributed by atoms with van der Waals surface area (Å²) in [5, 5.41) is 15.2. The van der Waals surface area contributed by atoms with E-state index in [1.54, 1.807) is 13.8 Å². The molecule has 1 aliphatic heterocycles. The number of hydrogen-bond acceptors (Lipinski definition) is 4. The van der Waals surface area contributed by atoms with Crippen LogP contribution in [0.25, 0.3) is 0 Å². The third-order valence-corrected chi connectivity index (χ3v) is 5.06. The number of hydrogen-bond donors (Lipinski definition) is 3. The maximum absolute atomic E-state index is 12.0. The fraction of sp³-hybridized carbons (Fsp3) is 0.632. The topological polar surface area (TPSA) is 79.8 Å². The Bertz CT molecular complexity index is 652. The van der Waals surface area contributed by atoms with Crippen LogP contribution in [0.1, 0.15) is 53.5 Å². The van der Waals surface area contributed by atoms with E-state index in [9.17, 15) is 9.90 Å². The maximum atomic E-state index is 12.0. The van der Waals surface area contributed by atoms with Crippen LogP contribution in [0, 0.1) is 6.92 Å². The smallest absolute Gasteiger partial charge is 0.399 e. The fourth-order valence-electron chi connectivity index (χ4n) is 2.65. The van der Waals surface area contributed by atoms with Crippen molar-refractivity contribution in [3.05, 3.63) is 23.8 Å². The van der Waals surface area contributed by atoms with Crippen molar-refractivity contribution >= 4 is 24.3 Å². The van der Waals surface area contributed by atoms with Crippen LogP contribution < -0.4 is 16.1 Å². The van der Waals surface area contributed by atoms with Gasteiger partial charge in [0.15, 0.2) is 0 Å². The summed E-state index contributed by atoms with van der Waals surface area (Å²) in [6.45, 7) is 13.9. The van der Waals surface area contributed by atoms with E-state index in [2.05, 4.69) is 10.6 Å². The van der Waals surface area contributed by atoms with E-state index >= 15 is 0 Å². The van der Waals surface area contributed by atoms with Gasteiger partial charge in [0.1, 0.15) is 0 Å². The highest BCUT2D eigenvalue weighted by Gasteiger charge is 2.52. The van der Waals surface area contributed by atoms with Crippen LogP contribution in [0.5, 0.6) is 0 Å². The van der Waals surface area contributed by atoms with Crippen LogP contribution >= 0.6 is 0 Å². The minimum absolute atomic E-state index is 0.294. The van der Waals surface area contributed by atoms with Gasteiger partial charge < -0.3 is 25.0 Å². The fourth-order valence-corrected chi connectivity index (χ4v) is 2.65. The number of carbonyl (C=O) groups is 1. The van der Waals surface area contributed by atoms with Gasteiger partial charge in [0.05, 0.1) is 16.8 Å². The lowest BCUT2D eigenvalue weighted by molar-refractivity contribution is 0.00578. The lowest BCUT2D eigenvalue weighted by Crippen LogP contribution is -2.41. The van der Waals surface area contributed by atoms with Gasteiger partial charge in [-0.15, -0.1) is 0 Å². The minimum atomic E-state index is -0.797. The highest BCUT2D eigenvalue weighted by atomic mass is 16.7. The molecule has 1 aromatic rings. The molecule has 0 spiro atoms. The van der Waals surface area contributed by atoms with Gasteiger partial charge in [-0.2, -0.15) is 0 Å². The zero-order chi connectivity index (χ0) is 19.8. The molecule has 1 heterocycles. The summed E-state index contributed by atoms with van der Waals surface area (Å²) in [6, 6.07) is 5.36. The van der Waals surface area contributed by atoms with E-state index < -0.39 is 12.7 Å². The Morgan fingerprint density at radius 1 is 1.19 bits per heavy atom. The predicted octanol–water partition coefficient (Wildman–Crippen LogP) is 2.58. The molecule has 0 bridgehead atoms. The molecule has 144 valence electrons. The van der Waals surface area contributed by atoms with Crippen LogP contribution in [0.15, 0.2) is 18.2 Å². The summed E-state index contributed by atoms with van der Waals surface area (Å²) in [5.74, 6) is 0. The summed E-state index contributed by atoms with van der Waals surface area (Å²) in [6.07, 6.45) is 0.486. The number of aryl methyl sites for hydroxylation is 1. The van der Waals surface area contributed by atoms with Crippen molar-refractivity contribution < 1.29 is 19.2 Å². The molecule has 2 rings (SSSR count). The van der Waals surface area contributed by atoms with Gasteiger partial charge in [-0.3, -0.25) is 0 Å². The number of anilines is 1. The number of nitrogens with one attached hydrogen (secondary N) is 2. The largest absolute Gasteiger partial charge is 0.495 e. The van der Waals surface area contributed by atoms with Gasteiger partial charge in [-0.25, -0.2) is 4.79 Å². The molecule has 26 heavy (non-hydrogen) atoms. The van der Waals surface area contributed by atoms with Crippen LogP contribution in [-0.2, 0) is 9.31 Å². The van der Waals surface area contributed by atoms with E-state index in [0.717, 1.165) is 11.0 Å². The normalized spacial score (nSPS) is 18.7. The molecular weight excluding hydrogens is 331 g/mol. The SMILES string of the molecule is Cc1cc(NC(=O)NCCC(C)(C)O)ccc1B1OC(C)(C)C(C)(C)O1. The number of aliphatic hydroxyl groups is 1. The Labute approximate surface area is 156 Å². The molecule has 0 saturated carbocycles. The molecular formula is C19H31BN2O4. The summed E-state index contributed by atoms with van der Waals surface area (Å²) in [5.41, 5.74) is 1.06. The monoisotopic (exact) mass is 362 g/mol. The maximum Gasteiger partial charge on any atom is 0.495 e. The second-order valence-corrected chi connectivity index (χ2v) is 8.60. The van der Waals surface area contributed by atoms with Gasteiger partial charge in [-0.05, 0) is 78.0 Å². The Kier molecular flexibility index (Phi) is 5.76. The van der Waals surface area contributed by atoms with Gasteiger partial charge in [0.2, 0.25) is 0 Å². The number of benzene rings is 1. The van der Waals surface area contributed by atoms with Crippen molar-refractivity contribution in [1.82, 2.24) is 5.32 Å². The molecule has 0 radical (unpaired) electrons. The van der Waals surface area contributed by atoms with Crippen molar-refractivity contribution in [3.63, 3.8) is 0 Å². The highest BCUT2D eigenvalue weighted by Crippen LogP contribution is 2.36. The molecule has 2 amide bonds. The second-order valence-electron chi connectivity index (χ2n) is 8.60. The third-order valence-electron chi connectivity index (χ3n) is 5.06. The van der Waals surface area contributed by atoms with Crippen molar-refractivity contribution in [2.24, 2.45) is 0 Å². The van der Waals surface area contributed by atoms with Crippen molar-refractivity contribution in [2.45, 2.75) is 71.7 Å². The quantitative estimate of drug-likeness (QED) is 0.704. The number of urea groups is 1. The average molecular weight is 362 g/mol. The minimum Gasteiger partial charge on any atom is -0.399 e. The molecule has 0 atom stereocenters. The summed E-state index contributed by atoms with van der Waals surface area (Å²) in [4.78, 5) is 12.0. The first-order valence-electron chi connectivity index (χ1n) is 9.04. The first-order valence-corrected chi connectivity index (χ1v) is 9.04. The summed E-state index contributed by atoms with van der Waals surface area (Å²) in [7, 11) is -0.422. The number of carbonyl (C=O) groups excluding carboxylic acids is 1. The molecule has 7 heteroatoms. The Hall–Kier alpha value is -1.57. The molecule has 1 aliphatic rings. The van der Waals surface area contributed by atoms with E-state index in [-0.39, 0.29) is 17.2 Å². The van der Waals surface area contributed by atoms with Gasteiger partial charge >= 0.3 is 13.1 Å². The molecule has 3 N–H and O–H groups in total. The second kappa shape index (κ2) is 7.21.